The second-order valence-corrected chi connectivity index (χ2v) is 14.4. The number of benzene rings is 8. The van der Waals surface area contributed by atoms with E-state index in [1.165, 1.54) is 43.6 Å². The number of halogens is 1. The number of rotatable bonds is 2. The molecule has 0 saturated carbocycles. The van der Waals surface area contributed by atoms with Crippen LogP contribution in [0.2, 0.25) is 0 Å². The maximum Gasteiger partial charge on any atom is 0.135 e. The van der Waals surface area contributed by atoms with E-state index >= 15 is 0 Å². The molecule has 0 aliphatic rings. The van der Waals surface area contributed by atoms with E-state index in [1.807, 2.05) is 24.3 Å². The van der Waals surface area contributed by atoms with E-state index in [4.69, 9.17) is 8.83 Å². The van der Waals surface area contributed by atoms with Crippen molar-refractivity contribution < 1.29 is 8.83 Å². The Balaban J connectivity index is 0.000000125. The average molecular weight is 746 g/mol. The van der Waals surface area contributed by atoms with E-state index in [0.717, 1.165) is 59.7 Å². The standard InChI is InChI=1S/C24H14BrNO.C24H15NO/c25-15-9-11-22-19(13-15)17-5-1-3-7-21(17)26(22)16-10-12-24-20(14-16)18-6-2-4-8-23(18)27-24;1-4-10-21-17(7-1)18-8-2-5-11-22(18)25(21)16-13-14-24-20(15-16)19-9-3-6-12-23(19)26-24/h1-14H;1-15H. The molecule has 0 spiro atoms. The summed E-state index contributed by atoms with van der Waals surface area (Å²) in [4.78, 5) is 0. The van der Waals surface area contributed by atoms with Crippen LogP contribution in [-0.4, -0.2) is 9.13 Å². The first-order valence-electron chi connectivity index (χ1n) is 17.7. The Morgan fingerprint density at radius 2 is 0.679 bits per heavy atom. The van der Waals surface area contributed by atoms with Crippen molar-refractivity contribution in [3.63, 3.8) is 0 Å². The first-order valence-corrected chi connectivity index (χ1v) is 18.5. The number of aromatic nitrogens is 2. The van der Waals surface area contributed by atoms with Gasteiger partial charge in [-0.25, -0.2) is 0 Å². The lowest BCUT2D eigenvalue weighted by Gasteiger charge is -2.08. The van der Waals surface area contributed by atoms with Crippen LogP contribution in [0.1, 0.15) is 0 Å². The van der Waals surface area contributed by atoms with Crippen molar-refractivity contribution in [2.75, 3.05) is 0 Å². The highest BCUT2D eigenvalue weighted by molar-refractivity contribution is 9.10. The molecule has 4 nitrogen and oxygen atoms in total. The van der Waals surface area contributed by atoms with Gasteiger partial charge in [0.25, 0.3) is 0 Å². The minimum absolute atomic E-state index is 0.920. The summed E-state index contributed by atoms with van der Waals surface area (Å²) in [7, 11) is 0. The molecular formula is C48H29BrN2O2. The summed E-state index contributed by atoms with van der Waals surface area (Å²) in [6.07, 6.45) is 0. The summed E-state index contributed by atoms with van der Waals surface area (Å²) >= 11 is 3.62. The number of nitrogens with zero attached hydrogens (tertiary/aromatic N) is 2. The zero-order valence-corrected chi connectivity index (χ0v) is 29.9. The van der Waals surface area contributed by atoms with Crippen molar-refractivity contribution in [3.8, 4) is 11.4 Å². The lowest BCUT2D eigenvalue weighted by atomic mass is 10.1. The molecule has 0 atom stereocenters. The van der Waals surface area contributed by atoms with Crippen LogP contribution in [0.25, 0.3) is 98.9 Å². The van der Waals surface area contributed by atoms with E-state index < -0.39 is 0 Å². The summed E-state index contributed by atoms with van der Waals surface area (Å²) in [6.45, 7) is 0. The minimum atomic E-state index is 0.920. The molecule has 0 amide bonds. The Morgan fingerprint density at radius 3 is 1.17 bits per heavy atom. The van der Waals surface area contributed by atoms with E-state index in [0.29, 0.717) is 0 Å². The fourth-order valence-corrected chi connectivity index (χ4v) is 8.49. The van der Waals surface area contributed by atoms with Gasteiger partial charge in [-0.05, 0) is 84.9 Å². The monoisotopic (exact) mass is 744 g/mol. The Bertz CT molecular complexity index is 3320. The van der Waals surface area contributed by atoms with Crippen molar-refractivity contribution >= 4 is 103 Å². The van der Waals surface area contributed by atoms with E-state index in [1.54, 1.807) is 0 Å². The van der Waals surface area contributed by atoms with Gasteiger partial charge in [-0.1, -0.05) is 107 Å². The zero-order valence-electron chi connectivity index (χ0n) is 28.3. The normalized spacial score (nSPS) is 11.9. The second kappa shape index (κ2) is 11.7. The van der Waals surface area contributed by atoms with Crippen LogP contribution < -0.4 is 0 Å². The number of furan rings is 2. The van der Waals surface area contributed by atoms with E-state index in [-0.39, 0.29) is 0 Å². The van der Waals surface area contributed by atoms with Gasteiger partial charge in [-0.15, -0.1) is 0 Å². The van der Waals surface area contributed by atoms with Gasteiger partial charge in [0.1, 0.15) is 22.3 Å². The third kappa shape index (κ3) is 4.67. The molecule has 53 heavy (non-hydrogen) atoms. The molecule has 0 saturated heterocycles. The number of fused-ring (bicyclic) bond motifs is 12. The number of hydrogen-bond acceptors (Lipinski definition) is 2. The lowest BCUT2D eigenvalue weighted by Crippen LogP contribution is -1.93. The number of hydrogen-bond donors (Lipinski definition) is 0. The van der Waals surface area contributed by atoms with Crippen molar-refractivity contribution in [3.05, 3.63) is 180 Å². The predicted molar refractivity (Wildman–Crippen MR) is 224 cm³/mol. The quantitative estimate of drug-likeness (QED) is 0.177. The van der Waals surface area contributed by atoms with Gasteiger partial charge in [-0.2, -0.15) is 0 Å². The zero-order chi connectivity index (χ0) is 35.0. The van der Waals surface area contributed by atoms with Crippen molar-refractivity contribution in [1.82, 2.24) is 9.13 Å². The molecule has 0 fully saturated rings. The van der Waals surface area contributed by atoms with Gasteiger partial charge in [-0.3, -0.25) is 0 Å². The molecule has 250 valence electrons. The summed E-state index contributed by atoms with van der Waals surface area (Å²) in [6, 6.07) is 61.5. The molecule has 4 aromatic heterocycles. The summed E-state index contributed by atoms with van der Waals surface area (Å²) in [5.41, 5.74) is 10.9. The van der Waals surface area contributed by atoms with Gasteiger partial charge in [0, 0.05) is 58.9 Å². The second-order valence-electron chi connectivity index (χ2n) is 13.4. The molecule has 0 aliphatic carbocycles. The molecular weight excluding hydrogens is 716 g/mol. The van der Waals surface area contributed by atoms with E-state index in [2.05, 4.69) is 177 Å². The molecule has 12 aromatic rings. The van der Waals surface area contributed by atoms with Gasteiger partial charge >= 0.3 is 0 Å². The molecule has 5 heteroatoms. The molecule has 0 N–H and O–H groups in total. The molecule has 0 bridgehead atoms. The highest BCUT2D eigenvalue weighted by Crippen LogP contribution is 2.37. The molecule has 8 aromatic carbocycles. The van der Waals surface area contributed by atoms with Crippen LogP contribution in [0.5, 0.6) is 0 Å². The first kappa shape index (κ1) is 30.1. The average Bonchev–Trinajstić information content (AvgIpc) is 3.95. The molecule has 12 rings (SSSR count). The van der Waals surface area contributed by atoms with Crippen molar-refractivity contribution in [2.24, 2.45) is 0 Å². The van der Waals surface area contributed by atoms with Gasteiger partial charge < -0.3 is 18.0 Å². The van der Waals surface area contributed by atoms with Gasteiger partial charge in [0.15, 0.2) is 0 Å². The highest BCUT2D eigenvalue weighted by Gasteiger charge is 2.16. The Morgan fingerprint density at radius 1 is 0.302 bits per heavy atom. The Kier molecular flexibility index (Phi) is 6.67. The smallest absolute Gasteiger partial charge is 0.135 e. The maximum atomic E-state index is 6.00. The van der Waals surface area contributed by atoms with E-state index in [9.17, 15) is 0 Å². The topological polar surface area (TPSA) is 36.1 Å². The highest BCUT2D eigenvalue weighted by atomic mass is 79.9. The predicted octanol–water partition coefficient (Wildman–Crippen LogP) is 14.1. The summed E-state index contributed by atoms with van der Waals surface area (Å²) in [5.74, 6) is 0. The molecule has 0 unspecified atom stereocenters. The van der Waals surface area contributed by atoms with Crippen LogP contribution in [0.4, 0.5) is 0 Å². The van der Waals surface area contributed by atoms with Crippen LogP contribution in [-0.2, 0) is 0 Å². The fraction of sp³-hybridized carbons (Fsp3) is 0. The third-order valence-corrected chi connectivity index (χ3v) is 10.9. The first-order chi connectivity index (χ1) is 26.2. The SMILES string of the molecule is Brc1ccc2c(c1)c1ccccc1n2-c1ccc2oc3ccccc3c2c1.c1ccc2c(c1)oc1ccc(-n3c4ccccc4c4ccccc43)cc12. The number of para-hydroxylation sites is 5. The van der Waals surface area contributed by atoms with Gasteiger partial charge in [0.2, 0.25) is 0 Å². The summed E-state index contributed by atoms with van der Waals surface area (Å²) in [5, 5.41) is 9.66. The largest absolute Gasteiger partial charge is 0.456 e. The van der Waals surface area contributed by atoms with Crippen molar-refractivity contribution in [2.45, 2.75) is 0 Å². The van der Waals surface area contributed by atoms with Crippen LogP contribution in [0.3, 0.4) is 0 Å². The Labute approximate surface area is 311 Å². The lowest BCUT2D eigenvalue weighted by molar-refractivity contribution is 0.668. The van der Waals surface area contributed by atoms with Crippen LogP contribution >= 0.6 is 15.9 Å². The van der Waals surface area contributed by atoms with Crippen molar-refractivity contribution in [1.29, 1.82) is 0 Å². The fourth-order valence-electron chi connectivity index (χ4n) is 8.13. The summed E-state index contributed by atoms with van der Waals surface area (Å²) < 4.78 is 17.8. The molecule has 0 radical (unpaired) electrons. The third-order valence-electron chi connectivity index (χ3n) is 10.5. The van der Waals surface area contributed by atoms with Crippen LogP contribution in [0.15, 0.2) is 189 Å². The molecule has 0 aliphatic heterocycles. The molecule has 4 heterocycles. The van der Waals surface area contributed by atoms with Gasteiger partial charge in [0.05, 0.1) is 22.1 Å². The Hall–Kier alpha value is -6.56. The van der Waals surface area contributed by atoms with Crippen LogP contribution in [0, 0.1) is 0 Å². The maximum absolute atomic E-state index is 6.00. The minimum Gasteiger partial charge on any atom is -0.456 e.